The van der Waals surface area contributed by atoms with E-state index in [1.807, 2.05) is 37.3 Å². The molecule has 5 nitrogen and oxygen atoms in total. The van der Waals surface area contributed by atoms with Crippen LogP contribution in [-0.4, -0.2) is 22.2 Å². The molecule has 0 aliphatic carbocycles. The molecule has 0 spiro atoms. The van der Waals surface area contributed by atoms with Crippen LogP contribution >= 0.6 is 11.8 Å². The van der Waals surface area contributed by atoms with E-state index >= 15 is 0 Å². The average Bonchev–Trinajstić information content (AvgIpc) is 2.68. The smallest absolute Gasteiger partial charge is 0.262 e. The fourth-order valence-electron chi connectivity index (χ4n) is 1.83. The van der Waals surface area contributed by atoms with Gasteiger partial charge in [0.15, 0.2) is 5.17 Å². The monoisotopic (exact) mass is 277 g/mol. The van der Waals surface area contributed by atoms with Gasteiger partial charge in [0, 0.05) is 6.42 Å². The van der Waals surface area contributed by atoms with Gasteiger partial charge in [-0.1, -0.05) is 42.1 Å². The van der Waals surface area contributed by atoms with Gasteiger partial charge in [-0.2, -0.15) is 4.99 Å². The van der Waals surface area contributed by atoms with Crippen LogP contribution in [0.5, 0.6) is 0 Å². The van der Waals surface area contributed by atoms with Gasteiger partial charge in [-0.05, 0) is 12.5 Å². The van der Waals surface area contributed by atoms with Gasteiger partial charge < -0.3 is 11.1 Å². The van der Waals surface area contributed by atoms with Crippen LogP contribution in [0, 0.1) is 0 Å². The van der Waals surface area contributed by atoms with Crippen molar-refractivity contribution < 1.29 is 9.59 Å². The number of thioether (sulfide) groups is 1. The predicted octanol–water partition coefficient (Wildman–Crippen LogP) is 1.21. The molecule has 1 aliphatic heterocycles. The SMILES string of the molecule is C[C@H](NC(=O)C[C@H]1SC(N)=NC1=O)c1ccccc1. The molecule has 0 saturated heterocycles. The molecule has 19 heavy (non-hydrogen) atoms. The zero-order valence-corrected chi connectivity index (χ0v) is 11.3. The zero-order chi connectivity index (χ0) is 13.8. The summed E-state index contributed by atoms with van der Waals surface area (Å²) in [4.78, 5) is 26.9. The summed E-state index contributed by atoms with van der Waals surface area (Å²) in [5.74, 6) is -0.503. The maximum absolute atomic E-state index is 11.9. The van der Waals surface area contributed by atoms with Crippen LogP contribution in [0.15, 0.2) is 35.3 Å². The number of amidine groups is 1. The first-order valence-corrected chi connectivity index (χ1v) is 6.83. The Kier molecular flexibility index (Phi) is 4.21. The molecular formula is C13H15N3O2S. The number of amides is 2. The van der Waals surface area contributed by atoms with Crippen molar-refractivity contribution in [3.05, 3.63) is 35.9 Å². The third-order valence-corrected chi connectivity index (χ3v) is 3.79. The number of hydrogen-bond donors (Lipinski definition) is 2. The fraction of sp³-hybridized carbons (Fsp3) is 0.308. The fourth-order valence-corrected chi connectivity index (χ4v) is 2.65. The Morgan fingerprint density at radius 1 is 1.47 bits per heavy atom. The molecule has 0 aromatic heterocycles. The van der Waals surface area contributed by atoms with E-state index in [2.05, 4.69) is 10.3 Å². The molecule has 2 rings (SSSR count). The largest absolute Gasteiger partial charge is 0.378 e. The van der Waals surface area contributed by atoms with Crippen LogP contribution in [0.25, 0.3) is 0 Å². The number of nitrogens with two attached hydrogens (primary N) is 1. The van der Waals surface area contributed by atoms with Crippen LogP contribution in [-0.2, 0) is 9.59 Å². The number of hydrogen-bond acceptors (Lipinski definition) is 4. The first-order valence-electron chi connectivity index (χ1n) is 5.95. The van der Waals surface area contributed by atoms with Crippen molar-refractivity contribution in [3.8, 4) is 0 Å². The second kappa shape index (κ2) is 5.88. The van der Waals surface area contributed by atoms with E-state index in [4.69, 9.17) is 5.73 Å². The third-order valence-electron chi connectivity index (χ3n) is 2.81. The van der Waals surface area contributed by atoms with E-state index in [9.17, 15) is 9.59 Å². The number of benzene rings is 1. The Hall–Kier alpha value is -1.82. The first-order chi connectivity index (χ1) is 9.06. The van der Waals surface area contributed by atoms with E-state index < -0.39 is 5.25 Å². The maximum atomic E-state index is 11.9. The maximum Gasteiger partial charge on any atom is 0.262 e. The van der Waals surface area contributed by atoms with Gasteiger partial charge in [0.2, 0.25) is 5.91 Å². The van der Waals surface area contributed by atoms with Gasteiger partial charge in [0.25, 0.3) is 5.91 Å². The minimum Gasteiger partial charge on any atom is -0.378 e. The molecule has 1 aromatic rings. The number of nitrogens with zero attached hydrogens (tertiary/aromatic N) is 1. The third kappa shape index (κ3) is 3.57. The van der Waals surface area contributed by atoms with Crippen LogP contribution in [0.2, 0.25) is 0 Å². The highest BCUT2D eigenvalue weighted by Gasteiger charge is 2.29. The summed E-state index contributed by atoms with van der Waals surface area (Å²) in [6, 6.07) is 9.56. The summed E-state index contributed by atoms with van der Waals surface area (Å²) in [7, 11) is 0. The van der Waals surface area contributed by atoms with E-state index in [1.165, 1.54) is 0 Å². The molecule has 1 aromatic carbocycles. The molecule has 0 unspecified atom stereocenters. The molecule has 3 N–H and O–H groups in total. The van der Waals surface area contributed by atoms with Gasteiger partial charge in [0.05, 0.1) is 6.04 Å². The Morgan fingerprint density at radius 2 is 2.16 bits per heavy atom. The number of carbonyl (C=O) groups excluding carboxylic acids is 2. The van der Waals surface area contributed by atoms with Crippen LogP contribution in [0.1, 0.15) is 24.9 Å². The topological polar surface area (TPSA) is 84.6 Å². The molecular weight excluding hydrogens is 262 g/mol. The number of aliphatic imine (C=N–C) groups is 1. The lowest BCUT2D eigenvalue weighted by Crippen LogP contribution is -2.30. The highest BCUT2D eigenvalue weighted by atomic mass is 32.2. The van der Waals surface area contributed by atoms with E-state index in [0.29, 0.717) is 0 Å². The lowest BCUT2D eigenvalue weighted by molar-refractivity contribution is -0.124. The number of carbonyl (C=O) groups is 2. The molecule has 1 aliphatic rings. The lowest BCUT2D eigenvalue weighted by atomic mass is 10.1. The molecule has 0 radical (unpaired) electrons. The summed E-state index contributed by atoms with van der Waals surface area (Å²) in [6.07, 6.45) is 0.102. The molecule has 0 fully saturated rings. The summed E-state index contributed by atoms with van der Waals surface area (Å²) < 4.78 is 0. The summed E-state index contributed by atoms with van der Waals surface area (Å²) in [5.41, 5.74) is 6.47. The van der Waals surface area contributed by atoms with Gasteiger partial charge in [-0.3, -0.25) is 9.59 Å². The zero-order valence-electron chi connectivity index (χ0n) is 10.5. The van der Waals surface area contributed by atoms with Gasteiger partial charge in [0.1, 0.15) is 5.25 Å². The van der Waals surface area contributed by atoms with Crippen molar-refractivity contribution in [2.45, 2.75) is 24.6 Å². The molecule has 100 valence electrons. The summed E-state index contributed by atoms with van der Waals surface area (Å²) in [6.45, 7) is 1.90. The van der Waals surface area contributed by atoms with Gasteiger partial charge >= 0.3 is 0 Å². The van der Waals surface area contributed by atoms with Crippen LogP contribution in [0.4, 0.5) is 0 Å². The average molecular weight is 277 g/mol. The van der Waals surface area contributed by atoms with Crippen molar-refractivity contribution in [2.24, 2.45) is 10.7 Å². The molecule has 1 heterocycles. The summed E-state index contributed by atoms with van der Waals surface area (Å²) in [5, 5.41) is 2.61. The van der Waals surface area contributed by atoms with Crippen LogP contribution in [0.3, 0.4) is 0 Å². The molecule has 2 amide bonds. The number of rotatable bonds is 4. The van der Waals surface area contributed by atoms with Gasteiger partial charge in [-0.25, -0.2) is 0 Å². The van der Waals surface area contributed by atoms with E-state index in [1.54, 1.807) is 0 Å². The Balaban J connectivity index is 1.87. The summed E-state index contributed by atoms with van der Waals surface area (Å²) >= 11 is 1.14. The lowest BCUT2D eigenvalue weighted by Gasteiger charge is -2.15. The van der Waals surface area contributed by atoms with E-state index in [0.717, 1.165) is 17.3 Å². The second-order valence-electron chi connectivity index (χ2n) is 4.30. The molecule has 0 saturated carbocycles. The highest BCUT2D eigenvalue weighted by Crippen LogP contribution is 2.23. The van der Waals surface area contributed by atoms with Crippen molar-refractivity contribution in [3.63, 3.8) is 0 Å². The normalized spacial score (nSPS) is 19.9. The Bertz CT molecular complexity index is 516. The quantitative estimate of drug-likeness (QED) is 0.866. The highest BCUT2D eigenvalue weighted by molar-refractivity contribution is 8.15. The minimum atomic E-state index is -0.483. The van der Waals surface area contributed by atoms with Crippen molar-refractivity contribution >= 4 is 28.7 Å². The molecule has 0 bridgehead atoms. The standard InChI is InChI=1S/C13H15N3O2S/c1-8(9-5-3-2-4-6-9)15-11(17)7-10-12(18)16-13(14)19-10/h2-6,8,10H,7H2,1H3,(H,15,17)(H2,14,16,18)/t8-,10+/m0/s1. The molecule has 6 heteroatoms. The van der Waals surface area contributed by atoms with Crippen molar-refractivity contribution in [1.82, 2.24) is 5.32 Å². The van der Waals surface area contributed by atoms with Crippen molar-refractivity contribution in [2.75, 3.05) is 0 Å². The Morgan fingerprint density at radius 3 is 2.74 bits per heavy atom. The van der Waals surface area contributed by atoms with Crippen LogP contribution < -0.4 is 11.1 Å². The number of nitrogens with one attached hydrogen (secondary N) is 1. The molecule has 2 atom stereocenters. The Labute approximate surface area is 115 Å². The first kappa shape index (κ1) is 13.6. The minimum absolute atomic E-state index is 0.0894. The van der Waals surface area contributed by atoms with Gasteiger partial charge in [-0.15, -0.1) is 0 Å². The second-order valence-corrected chi connectivity index (χ2v) is 5.52. The van der Waals surface area contributed by atoms with E-state index in [-0.39, 0.29) is 29.4 Å². The van der Waals surface area contributed by atoms with Crippen molar-refractivity contribution in [1.29, 1.82) is 0 Å². The predicted molar refractivity (Wildman–Crippen MR) is 75.6 cm³/mol.